The summed E-state index contributed by atoms with van der Waals surface area (Å²) in [5.74, 6) is 0.0707. The molecule has 23 heavy (non-hydrogen) atoms. The van der Waals surface area contributed by atoms with Crippen molar-refractivity contribution in [2.24, 2.45) is 0 Å². The van der Waals surface area contributed by atoms with Gasteiger partial charge < -0.3 is 5.32 Å². The molecule has 2 aromatic rings. The number of benzene rings is 2. The predicted molar refractivity (Wildman–Crippen MR) is 99.0 cm³/mol. The van der Waals surface area contributed by atoms with Crippen LogP contribution in [0.15, 0.2) is 47.4 Å². The molecule has 0 aliphatic rings. The van der Waals surface area contributed by atoms with Crippen LogP contribution in [0.25, 0.3) is 0 Å². The van der Waals surface area contributed by atoms with Crippen LogP contribution in [0.5, 0.6) is 0 Å². The van der Waals surface area contributed by atoms with Gasteiger partial charge in [-0.3, -0.25) is 4.79 Å². The molecule has 0 aromatic heterocycles. The van der Waals surface area contributed by atoms with Crippen LogP contribution in [-0.4, -0.2) is 11.2 Å². The summed E-state index contributed by atoms with van der Waals surface area (Å²) in [6.07, 6.45) is 0. The molecule has 2 rings (SSSR count). The Bertz CT molecular complexity index is 679. The zero-order valence-corrected chi connectivity index (χ0v) is 15.3. The van der Waals surface area contributed by atoms with Gasteiger partial charge in [-0.1, -0.05) is 35.9 Å². The average Bonchev–Trinajstić information content (AvgIpc) is 2.52. The average molecular weight is 327 g/mol. The standard InChI is InChI=1S/C20H25NOS/c1-13-6-10-19(11-7-13)23-17(5)20(22)21-16(4)18-9-8-14(2)15(3)12-18/h6-12,16-17H,1-5H3,(H,21,22)/t16-,17+/m1/s1. The van der Waals surface area contributed by atoms with Gasteiger partial charge in [-0.25, -0.2) is 0 Å². The van der Waals surface area contributed by atoms with Crippen LogP contribution in [0.2, 0.25) is 0 Å². The lowest BCUT2D eigenvalue weighted by atomic mass is 10.0. The normalized spacial score (nSPS) is 13.4. The van der Waals surface area contributed by atoms with Crippen molar-refractivity contribution in [3.63, 3.8) is 0 Å². The van der Waals surface area contributed by atoms with Crippen LogP contribution in [0.3, 0.4) is 0 Å². The first-order valence-corrected chi connectivity index (χ1v) is 8.85. The Hall–Kier alpha value is -1.74. The van der Waals surface area contributed by atoms with E-state index >= 15 is 0 Å². The first-order valence-electron chi connectivity index (χ1n) is 7.97. The highest BCUT2D eigenvalue weighted by atomic mass is 32.2. The third-order valence-corrected chi connectivity index (χ3v) is 5.20. The summed E-state index contributed by atoms with van der Waals surface area (Å²) in [6, 6.07) is 14.6. The van der Waals surface area contributed by atoms with Crippen LogP contribution >= 0.6 is 11.8 Å². The van der Waals surface area contributed by atoms with E-state index in [0.29, 0.717) is 0 Å². The van der Waals surface area contributed by atoms with E-state index in [1.165, 1.54) is 16.7 Å². The fourth-order valence-electron chi connectivity index (χ4n) is 2.32. The lowest BCUT2D eigenvalue weighted by Gasteiger charge is -2.18. The summed E-state index contributed by atoms with van der Waals surface area (Å²) < 4.78 is 0. The molecule has 2 aromatic carbocycles. The quantitative estimate of drug-likeness (QED) is 0.786. The molecule has 3 heteroatoms. The van der Waals surface area contributed by atoms with E-state index in [-0.39, 0.29) is 17.2 Å². The van der Waals surface area contributed by atoms with Crippen molar-refractivity contribution in [2.45, 2.75) is 50.8 Å². The van der Waals surface area contributed by atoms with Crippen molar-refractivity contribution in [3.05, 3.63) is 64.7 Å². The van der Waals surface area contributed by atoms with Gasteiger partial charge in [-0.2, -0.15) is 0 Å². The van der Waals surface area contributed by atoms with Gasteiger partial charge in [0.05, 0.1) is 11.3 Å². The van der Waals surface area contributed by atoms with Gasteiger partial charge in [0.1, 0.15) is 0 Å². The highest BCUT2D eigenvalue weighted by Crippen LogP contribution is 2.24. The molecule has 2 atom stereocenters. The van der Waals surface area contributed by atoms with Crippen molar-refractivity contribution in [2.75, 3.05) is 0 Å². The van der Waals surface area contributed by atoms with Crippen LogP contribution in [0.1, 0.15) is 42.1 Å². The molecular weight excluding hydrogens is 302 g/mol. The smallest absolute Gasteiger partial charge is 0.233 e. The van der Waals surface area contributed by atoms with Gasteiger partial charge in [0.15, 0.2) is 0 Å². The Morgan fingerprint density at radius 3 is 2.22 bits per heavy atom. The number of aryl methyl sites for hydroxylation is 3. The maximum atomic E-state index is 12.4. The molecule has 1 amide bonds. The van der Waals surface area contributed by atoms with E-state index in [9.17, 15) is 4.79 Å². The van der Waals surface area contributed by atoms with Gasteiger partial charge in [0.2, 0.25) is 5.91 Å². The van der Waals surface area contributed by atoms with Crippen molar-refractivity contribution in [1.29, 1.82) is 0 Å². The Kier molecular flexibility index (Phi) is 5.89. The predicted octanol–water partition coefficient (Wildman–Crippen LogP) is 4.97. The molecule has 0 aliphatic heterocycles. The monoisotopic (exact) mass is 327 g/mol. The van der Waals surface area contributed by atoms with Crippen LogP contribution in [0.4, 0.5) is 0 Å². The molecule has 2 nitrogen and oxygen atoms in total. The molecule has 0 fully saturated rings. The fourth-order valence-corrected chi connectivity index (χ4v) is 3.20. The van der Waals surface area contributed by atoms with E-state index < -0.39 is 0 Å². The third-order valence-electron chi connectivity index (χ3n) is 4.09. The Morgan fingerprint density at radius 1 is 0.957 bits per heavy atom. The molecule has 0 saturated heterocycles. The number of hydrogen-bond acceptors (Lipinski definition) is 2. The highest BCUT2D eigenvalue weighted by Gasteiger charge is 2.17. The molecule has 0 heterocycles. The maximum Gasteiger partial charge on any atom is 0.233 e. The van der Waals surface area contributed by atoms with Gasteiger partial charge in [0, 0.05) is 4.90 Å². The van der Waals surface area contributed by atoms with Crippen molar-refractivity contribution >= 4 is 17.7 Å². The largest absolute Gasteiger partial charge is 0.349 e. The van der Waals surface area contributed by atoms with Gasteiger partial charge in [-0.05, 0) is 63.4 Å². The molecule has 0 unspecified atom stereocenters. The number of hydrogen-bond donors (Lipinski definition) is 1. The number of rotatable bonds is 5. The summed E-state index contributed by atoms with van der Waals surface area (Å²) in [5.41, 5.74) is 4.91. The zero-order valence-electron chi connectivity index (χ0n) is 14.5. The summed E-state index contributed by atoms with van der Waals surface area (Å²) in [6.45, 7) is 10.2. The highest BCUT2D eigenvalue weighted by molar-refractivity contribution is 8.00. The maximum absolute atomic E-state index is 12.4. The van der Waals surface area contributed by atoms with Crippen molar-refractivity contribution < 1.29 is 4.79 Å². The van der Waals surface area contributed by atoms with E-state index in [1.54, 1.807) is 11.8 Å². The number of nitrogens with one attached hydrogen (secondary N) is 1. The first-order chi connectivity index (χ1) is 10.9. The van der Waals surface area contributed by atoms with Crippen molar-refractivity contribution in [1.82, 2.24) is 5.32 Å². The SMILES string of the molecule is Cc1ccc(S[C@@H](C)C(=O)N[C@H](C)c2ccc(C)c(C)c2)cc1. The summed E-state index contributed by atoms with van der Waals surface area (Å²) in [4.78, 5) is 13.5. The van der Waals surface area contributed by atoms with E-state index in [2.05, 4.69) is 68.6 Å². The van der Waals surface area contributed by atoms with Crippen molar-refractivity contribution in [3.8, 4) is 0 Å². The topological polar surface area (TPSA) is 29.1 Å². The second-order valence-electron chi connectivity index (χ2n) is 6.15. The molecule has 0 spiro atoms. The molecule has 122 valence electrons. The lowest BCUT2D eigenvalue weighted by Crippen LogP contribution is -2.33. The number of amides is 1. The molecule has 0 bridgehead atoms. The van der Waals surface area contributed by atoms with Gasteiger partial charge in [-0.15, -0.1) is 11.8 Å². The first kappa shape index (κ1) is 17.6. The number of thioether (sulfide) groups is 1. The second kappa shape index (κ2) is 7.69. The van der Waals surface area contributed by atoms with Gasteiger partial charge in [0.25, 0.3) is 0 Å². The Labute approximate surface area is 143 Å². The van der Waals surface area contributed by atoms with E-state index in [1.807, 2.05) is 13.8 Å². The summed E-state index contributed by atoms with van der Waals surface area (Å²) in [7, 11) is 0. The second-order valence-corrected chi connectivity index (χ2v) is 7.56. The third kappa shape index (κ3) is 4.87. The summed E-state index contributed by atoms with van der Waals surface area (Å²) >= 11 is 1.59. The molecular formula is C20H25NOS. The fraction of sp³-hybridized carbons (Fsp3) is 0.350. The number of carbonyl (C=O) groups excluding carboxylic acids is 1. The Morgan fingerprint density at radius 2 is 1.61 bits per heavy atom. The van der Waals surface area contributed by atoms with Crippen LogP contribution < -0.4 is 5.32 Å². The molecule has 0 saturated carbocycles. The minimum atomic E-state index is -0.119. The minimum absolute atomic E-state index is 0.0165. The zero-order chi connectivity index (χ0) is 17.0. The van der Waals surface area contributed by atoms with E-state index in [0.717, 1.165) is 10.5 Å². The van der Waals surface area contributed by atoms with Gasteiger partial charge >= 0.3 is 0 Å². The van der Waals surface area contributed by atoms with Crippen LogP contribution in [0, 0.1) is 20.8 Å². The minimum Gasteiger partial charge on any atom is -0.349 e. The molecule has 0 aliphatic carbocycles. The molecule has 0 radical (unpaired) electrons. The van der Waals surface area contributed by atoms with E-state index in [4.69, 9.17) is 0 Å². The number of carbonyl (C=O) groups is 1. The molecule has 1 N–H and O–H groups in total. The summed E-state index contributed by atoms with van der Waals surface area (Å²) in [5, 5.41) is 3.00. The lowest BCUT2D eigenvalue weighted by molar-refractivity contribution is -0.120. The Balaban J connectivity index is 1.96. The van der Waals surface area contributed by atoms with Crippen LogP contribution in [-0.2, 0) is 4.79 Å².